The highest BCUT2D eigenvalue weighted by Gasteiger charge is 2.57. The van der Waals surface area contributed by atoms with Crippen LogP contribution in [-0.4, -0.2) is 55.2 Å². The minimum absolute atomic E-state index is 0.0000810. The molecule has 1 amide bonds. The van der Waals surface area contributed by atoms with Crippen LogP contribution in [0.5, 0.6) is 0 Å². The number of halogens is 3. The van der Waals surface area contributed by atoms with Gasteiger partial charge in [-0.05, 0) is 32.6 Å². The fourth-order valence-corrected chi connectivity index (χ4v) is 3.94. The molecule has 0 spiro atoms. The van der Waals surface area contributed by atoms with E-state index in [0.717, 1.165) is 23.4 Å². The molecule has 2 atom stereocenters. The highest BCUT2D eigenvalue weighted by Crippen LogP contribution is 2.37. The van der Waals surface area contributed by atoms with Crippen LogP contribution in [0, 0.1) is 0 Å². The molecule has 0 saturated heterocycles. The van der Waals surface area contributed by atoms with Gasteiger partial charge in [-0.3, -0.25) is 9.48 Å². The summed E-state index contributed by atoms with van der Waals surface area (Å²) in [4.78, 5) is 13.3. The fraction of sp³-hybridized carbons (Fsp3) is 0.765. The molecule has 2 heterocycles. The van der Waals surface area contributed by atoms with Gasteiger partial charge in [-0.15, -0.1) is 0 Å². The molecule has 0 radical (unpaired) electrons. The third kappa shape index (κ3) is 3.22. The average molecular weight is 375 g/mol. The van der Waals surface area contributed by atoms with E-state index in [2.05, 4.69) is 5.10 Å². The number of hydrogen-bond donors (Lipinski definition) is 2. The molecule has 26 heavy (non-hydrogen) atoms. The monoisotopic (exact) mass is 375 g/mol. The first-order valence-corrected chi connectivity index (χ1v) is 8.85. The van der Waals surface area contributed by atoms with Crippen molar-refractivity contribution in [2.45, 2.75) is 75.9 Å². The van der Waals surface area contributed by atoms with Gasteiger partial charge in [-0.25, -0.2) is 0 Å². The maximum absolute atomic E-state index is 13.0. The van der Waals surface area contributed by atoms with E-state index in [4.69, 9.17) is 0 Å². The van der Waals surface area contributed by atoms with Crippen molar-refractivity contribution in [3.05, 3.63) is 17.5 Å². The van der Waals surface area contributed by atoms with Gasteiger partial charge in [0.1, 0.15) is 0 Å². The van der Waals surface area contributed by atoms with E-state index in [-0.39, 0.29) is 31.2 Å². The van der Waals surface area contributed by atoms with Crippen LogP contribution in [0.4, 0.5) is 13.2 Å². The standard InChI is InChI=1S/C17H24F3N3O3/c1-10-8-22(15(25)16(2,26)17(18,19)20)9-11-7-21-23(14(10)11)12-3-5-13(24)6-4-12/h7,10,12-13,24,26H,3-6,8-9H2,1-2H3/t10-,12?,13?,16+/m0/s1. The molecule has 3 rings (SSSR count). The summed E-state index contributed by atoms with van der Waals surface area (Å²) in [5.74, 6) is -1.53. The zero-order chi connectivity index (χ0) is 19.3. The number of hydrogen-bond acceptors (Lipinski definition) is 4. The Morgan fingerprint density at radius 1 is 1.27 bits per heavy atom. The largest absolute Gasteiger partial charge is 0.426 e. The van der Waals surface area contributed by atoms with E-state index in [9.17, 15) is 28.2 Å². The summed E-state index contributed by atoms with van der Waals surface area (Å²) < 4.78 is 40.8. The minimum atomic E-state index is -5.03. The maximum atomic E-state index is 13.0. The van der Waals surface area contributed by atoms with Crippen LogP contribution in [0.3, 0.4) is 0 Å². The third-order valence-corrected chi connectivity index (χ3v) is 5.50. The number of aliphatic hydroxyl groups is 2. The molecule has 1 fully saturated rings. The molecular formula is C17H24F3N3O3. The van der Waals surface area contributed by atoms with E-state index >= 15 is 0 Å². The van der Waals surface area contributed by atoms with Crippen molar-refractivity contribution in [2.24, 2.45) is 0 Å². The number of aliphatic hydroxyl groups excluding tert-OH is 1. The molecule has 1 saturated carbocycles. The SMILES string of the molecule is C[C@H]1CN(C(=O)[C@@](C)(O)C(F)(F)F)Cc2cnn(C3CCC(O)CC3)c21. The predicted molar refractivity (Wildman–Crippen MR) is 86.2 cm³/mol. The van der Waals surface area contributed by atoms with E-state index in [1.165, 1.54) is 0 Å². The Balaban J connectivity index is 1.81. The minimum Gasteiger partial charge on any atom is -0.393 e. The molecule has 0 unspecified atom stereocenters. The lowest BCUT2D eigenvalue weighted by Gasteiger charge is -2.37. The van der Waals surface area contributed by atoms with Crippen molar-refractivity contribution in [2.75, 3.05) is 6.54 Å². The van der Waals surface area contributed by atoms with Gasteiger partial charge in [0.05, 0.1) is 18.3 Å². The van der Waals surface area contributed by atoms with Crippen LogP contribution in [0.15, 0.2) is 6.20 Å². The first-order chi connectivity index (χ1) is 12.0. The van der Waals surface area contributed by atoms with Crippen LogP contribution >= 0.6 is 0 Å². The zero-order valence-electron chi connectivity index (χ0n) is 14.8. The van der Waals surface area contributed by atoms with E-state index in [1.54, 1.807) is 6.20 Å². The molecule has 2 aliphatic rings. The summed E-state index contributed by atoms with van der Waals surface area (Å²) in [7, 11) is 0. The van der Waals surface area contributed by atoms with Gasteiger partial charge >= 0.3 is 6.18 Å². The Hall–Kier alpha value is -1.61. The summed E-state index contributed by atoms with van der Waals surface area (Å²) in [6, 6.07) is 0.158. The molecule has 9 heteroatoms. The highest BCUT2D eigenvalue weighted by molar-refractivity contribution is 5.85. The molecule has 1 aromatic rings. The van der Waals surface area contributed by atoms with Gasteiger partial charge in [0.15, 0.2) is 0 Å². The fourth-order valence-electron chi connectivity index (χ4n) is 3.94. The molecular weight excluding hydrogens is 351 g/mol. The topological polar surface area (TPSA) is 78.6 Å². The zero-order valence-corrected chi connectivity index (χ0v) is 14.8. The van der Waals surface area contributed by atoms with Gasteiger partial charge < -0.3 is 15.1 Å². The quantitative estimate of drug-likeness (QED) is 0.830. The Kier molecular flexibility index (Phi) is 4.81. The summed E-state index contributed by atoms with van der Waals surface area (Å²) in [6.45, 7) is 2.43. The number of nitrogens with zero attached hydrogens (tertiary/aromatic N) is 3. The molecule has 2 N–H and O–H groups in total. The third-order valence-electron chi connectivity index (χ3n) is 5.50. The number of rotatable bonds is 2. The van der Waals surface area contributed by atoms with Crippen molar-refractivity contribution in [1.82, 2.24) is 14.7 Å². The second-order valence-electron chi connectivity index (χ2n) is 7.62. The predicted octanol–water partition coefficient (Wildman–Crippen LogP) is 2.12. The van der Waals surface area contributed by atoms with Gasteiger partial charge in [-0.2, -0.15) is 18.3 Å². The number of carbonyl (C=O) groups is 1. The Labute approximate surface area is 149 Å². The lowest BCUT2D eigenvalue weighted by Crippen LogP contribution is -2.57. The van der Waals surface area contributed by atoms with E-state index < -0.39 is 17.7 Å². The molecule has 0 bridgehead atoms. The van der Waals surface area contributed by atoms with E-state index in [1.807, 2.05) is 11.6 Å². The number of fused-ring (bicyclic) bond motifs is 1. The highest BCUT2D eigenvalue weighted by atomic mass is 19.4. The van der Waals surface area contributed by atoms with Gasteiger partial charge in [0, 0.05) is 30.3 Å². The van der Waals surface area contributed by atoms with Gasteiger partial charge in [-0.1, -0.05) is 6.92 Å². The molecule has 1 aromatic heterocycles. The van der Waals surface area contributed by atoms with E-state index in [0.29, 0.717) is 25.3 Å². The second kappa shape index (κ2) is 6.53. The van der Waals surface area contributed by atoms with Crippen LogP contribution in [0.1, 0.15) is 62.7 Å². The number of alkyl halides is 3. The molecule has 1 aliphatic carbocycles. The summed E-state index contributed by atoms with van der Waals surface area (Å²) in [5, 5.41) is 23.8. The summed E-state index contributed by atoms with van der Waals surface area (Å²) in [6.07, 6.45) is -0.715. The van der Waals surface area contributed by atoms with Crippen LogP contribution in [0.25, 0.3) is 0 Å². The van der Waals surface area contributed by atoms with Gasteiger partial charge in [0.25, 0.3) is 5.91 Å². The lowest BCUT2D eigenvalue weighted by atomic mass is 9.91. The van der Waals surface area contributed by atoms with Crippen molar-refractivity contribution in [1.29, 1.82) is 0 Å². The summed E-state index contributed by atoms with van der Waals surface area (Å²) >= 11 is 0. The first kappa shape index (κ1) is 19.2. The Morgan fingerprint density at radius 2 is 1.88 bits per heavy atom. The van der Waals surface area contributed by atoms with Crippen molar-refractivity contribution < 1.29 is 28.2 Å². The Morgan fingerprint density at radius 3 is 2.46 bits per heavy atom. The molecule has 1 aliphatic heterocycles. The summed E-state index contributed by atoms with van der Waals surface area (Å²) in [5.41, 5.74) is -1.76. The van der Waals surface area contributed by atoms with Crippen LogP contribution < -0.4 is 0 Å². The maximum Gasteiger partial charge on any atom is 0.426 e. The molecule has 0 aromatic carbocycles. The number of carbonyl (C=O) groups excluding carboxylic acids is 1. The molecule has 6 nitrogen and oxygen atoms in total. The smallest absolute Gasteiger partial charge is 0.393 e. The molecule has 146 valence electrons. The normalized spacial score (nSPS) is 29.2. The van der Waals surface area contributed by atoms with Gasteiger partial charge in [0.2, 0.25) is 5.60 Å². The first-order valence-electron chi connectivity index (χ1n) is 8.85. The average Bonchev–Trinajstić information content (AvgIpc) is 2.98. The van der Waals surface area contributed by atoms with Crippen molar-refractivity contribution >= 4 is 5.91 Å². The Bertz CT molecular complexity index is 679. The lowest BCUT2D eigenvalue weighted by molar-refractivity contribution is -0.250. The second-order valence-corrected chi connectivity index (χ2v) is 7.62. The van der Waals surface area contributed by atoms with Crippen molar-refractivity contribution in [3.63, 3.8) is 0 Å². The number of aromatic nitrogens is 2. The van der Waals surface area contributed by atoms with Crippen LogP contribution in [-0.2, 0) is 11.3 Å². The van der Waals surface area contributed by atoms with Crippen LogP contribution in [0.2, 0.25) is 0 Å². The van der Waals surface area contributed by atoms with Crippen molar-refractivity contribution in [3.8, 4) is 0 Å². The number of amides is 1.